The van der Waals surface area contributed by atoms with Gasteiger partial charge < -0.3 is 5.32 Å². The molecule has 0 bridgehead atoms. The Balaban J connectivity index is 2.07. The summed E-state index contributed by atoms with van der Waals surface area (Å²) >= 11 is 0. The van der Waals surface area contributed by atoms with E-state index in [1.807, 2.05) is 37.3 Å². The van der Waals surface area contributed by atoms with Crippen LogP contribution < -0.4 is 5.32 Å². The van der Waals surface area contributed by atoms with Crippen molar-refractivity contribution >= 4 is 5.69 Å². The summed E-state index contributed by atoms with van der Waals surface area (Å²) in [6.07, 6.45) is 0. The molecule has 1 aromatic carbocycles. The van der Waals surface area contributed by atoms with Crippen molar-refractivity contribution in [3.8, 4) is 0 Å². The minimum Gasteiger partial charge on any atom is -0.331 e. The van der Waals surface area contributed by atoms with Crippen LogP contribution in [0.5, 0.6) is 0 Å². The SMILES string of the molecule is CC1(Nc2ccccc2)OO1. The molecule has 0 spiro atoms. The Hall–Kier alpha value is -1.06. The maximum Gasteiger partial charge on any atom is 0.305 e. The van der Waals surface area contributed by atoms with Crippen LogP contribution in [0.1, 0.15) is 6.92 Å². The van der Waals surface area contributed by atoms with Crippen molar-refractivity contribution in [1.82, 2.24) is 0 Å². The molecule has 0 amide bonds. The third-order valence-corrected chi connectivity index (χ3v) is 1.48. The number of para-hydroxylation sites is 1. The van der Waals surface area contributed by atoms with Crippen LogP contribution in [0.4, 0.5) is 5.69 Å². The largest absolute Gasteiger partial charge is 0.331 e. The Kier molecular flexibility index (Phi) is 1.34. The van der Waals surface area contributed by atoms with Gasteiger partial charge in [-0.3, -0.25) is 0 Å². The fourth-order valence-electron chi connectivity index (χ4n) is 0.888. The highest BCUT2D eigenvalue weighted by Gasteiger charge is 2.43. The van der Waals surface area contributed by atoms with Gasteiger partial charge in [0, 0.05) is 12.6 Å². The van der Waals surface area contributed by atoms with Crippen LogP contribution in [0.15, 0.2) is 30.3 Å². The fourth-order valence-corrected chi connectivity index (χ4v) is 0.888. The van der Waals surface area contributed by atoms with Crippen LogP contribution in [0.25, 0.3) is 0 Å². The van der Waals surface area contributed by atoms with Gasteiger partial charge in [0.05, 0.1) is 0 Å². The molecular weight excluding hydrogens is 142 g/mol. The Bertz CT molecular complexity index is 244. The van der Waals surface area contributed by atoms with Gasteiger partial charge in [0.25, 0.3) is 0 Å². The number of rotatable bonds is 2. The number of hydrogen-bond acceptors (Lipinski definition) is 3. The Morgan fingerprint density at radius 2 is 1.82 bits per heavy atom. The van der Waals surface area contributed by atoms with Gasteiger partial charge in [0.15, 0.2) is 0 Å². The highest BCUT2D eigenvalue weighted by Crippen LogP contribution is 2.29. The molecule has 0 aliphatic carbocycles. The molecule has 0 aromatic heterocycles. The number of anilines is 1. The van der Waals surface area contributed by atoms with E-state index in [1.165, 1.54) is 0 Å². The lowest BCUT2D eigenvalue weighted by Crippen LogP contribution is -2.17. The van der Waals surface area contributed by atoms with Crippen LogP contribution in [0, 0.1) is 0 Å². The highest BCUT2D eigenvalue weighted by molar-refractivity contribution is 5.43. The first kappa shape index (κ1) is 6.64. The molecule has 1 aromatic rings. The lowest BCUT2D eigenvalue weighted by atomic mass is 10.3. The lowest BCUT2D eigenvalue weighted by Gasteiger charge is -2.04. The second-order valence-corrected chi connectivity index (χ2v) is 2.60. The Labute approximate surface area is 64.9 Å². The van der Waals surface area contributed by atoms with E-state index in [0.717, 1.165) is 5.69 Å². The van der Waals surface area contributed by atoms with Crippen LogP contribution in [-0.4, -0.2) is 5.91 Å². The van der Waals surface area contributed by atoms with E-state index in [4.69, 9.17) is 0 Å². The zero-order valence-electron chi connectivity index (χ0n) is 6.20. The van der Waals surface area contributed by atoms with Crippen molar-refractivity contribution in [3.63, 3.8) is 0 Å². The first-order valence-corrected chi connectivity index (χ1v) is 3.49. The molecule has 1 aliphatic rings. The van der Waals surface area contributed by atoms with Crippen molar-refractivity contribution < 1.29 is 9.78 Å². The first-order valence-electron chi connectivity index (χ1n) is 3.49. The molecule has 3 heteroatoms. The zero-order valence-corrected chi connectivity index (χ0v) is 6.20. The molecule has 11 heavy (non-hydrogen) atoms. The number of hydrogen-bond donors (Lipinski definition) is 1. The molecule has 1 N–H and O–H groups in total. The second-order valence-electron chi connectivity index (χ2n) is 2.60. The van der Waals surface area contributed by atoms with Gasteiger partial charge in [-0.05, 0) is 12.1 Å². The molecule has 0 radical (unpaired) electrons. The molecule has 0 saturated carbocycles. The quantitative estimate of drug-likeness (QED) is 0.516. The van der Waals surface area contributed by atoms with E-state index in [-0.39, 0.29) is 0 Å². The van der Waals surface area contributed by atoms with E-state index in [0.29, 0.717) is 0 Å². The van der Waals surface area contributed by atoms with Gasteiger partial charge >= 0.3 is 5.91 Å². The van der Waals surface area contributed by atoms with Gasteiger partial charge in [0.1, 0.15) is 0 Å². The van der Waals surface area contributed by atoms with E-state index in [2.05, 4.69) is 15.1 Å². The summed E-state index contributed by atoms with van der Waals surface area (Å²) in [7, 11) is 0. The minimum absolute atomic E-state index is 0.596. The van der Waals surface area contributed by atoms with Crippen LogP contribution in [0.2, 0.25) is 0 Å². The summed E-state index contributed by atoms with van der Waals surface area (Å²) in [6.45, 7) is 1.82. The van der Waals surface area contributed by atoms with Crippen molar-refractivity contribution in [2.24, 2.45) is 0 Å². The van der Waals surface area contributed by atoms with Gasteiger partial charge in [-0.15, -0.1) is 0 Å². The van der Waals surface area contributed by atoms with E-state index in [1.54, 1.807) is 0 Å². The van der Waals surface area contributed by atoms with Crippen molar-refractivity contribution in [2.45, 2.75) is 12.8 Å². The zero-order chi connectivity index (χ0) is 7.73. The first-order chi connectivity index (χ1) is 5.29. The molecule has 1 fully saturated rings. The standard InChI is InChI=1S/C8H9NO2/c1-8(10-11-8)9-7-5-3-2-4-6-7/h2-6,9H,1H3. The monoisotopic (exact) mass is 151 g/mol. The van der Waals surface area contributed by atoms with Crippen LogP contribution >= 0.6 is 0 Å². The summed E-state index contributed by atoms with van der Waals surface area (Å²) in [5, 5.41) is 3.05. The van der Waals surface area contributed by atoms with Crippen LogP contribution in [-0.2, 0) is 9.78 Å². The number of nitrogens with one attached hydrogen (secondary N) is 1. The maximum absolute atomic E-state index is 4.69. The van der Waals surface area contributed by atoms with Gasteiger partial charge in [-0.2, -0.15) is 9.78 Å². The van der Waals surface area contributed by atoms with E-state index < -0.39 is 5.91 Å². The molecule has 2 rings (SSSR count). The molecule has 1 heterocycles. The fraction of sp³-hybridized carbons (Fsp3) is 0.250. The molecule has 1 saturated heterocycles. The average Bonchev–Trinajstić information content (AvgIpc) is 2.70. The summed E-state index contributed by atoms with van der Waals surface area (Å²) in [5.41, 5.74) is 0.993. The van der Waals surface area contributed by atoms with E-state index >= 15 is 0 Å². The molecule has 3 nitrogen and oxygen atoms in total. The van der Waals surface area contributed by atoms with E-state index in [9.17, 15) is 0 Å². The molecule has 58 valence electrons. The maximum atomic E-state index is 4.69. The summed E-state index contributed by atoms with van der Waals surface area (Å²) in [6, 6.07) is 9.77. The molecule has 0 unspecified atom stereocenters. The normalized spacial score (nSPS) is 19.4. The smallest absolute Gasteiger partial charge is 0.305 e. The van der Waals surface area contributed by atoms with Crippen molar-refractivity contribution in [2.75, 3.05) is 5.32 Å². The molecule has 0 atom stereocenters. The summed E-state index contributed by atoms with van der Waals surface area (Å²) in [4.78, 5) is 9.38. The van der Waals surface area contributed by atoms with Crippen molar-refractivity contribution in [1.29, 1.82) is 0 Å². The lowest BCUT2D eigenvalue weighted by molar-refractivity contribution is 0.0850. The van der Waals surface area contributed by atoms with Crippen molar-refractivity contribution in [3.05, 3.63) is 30.3 Å². The number of benzene rings is 1. The second kappa shape index (κ2) is 2.22. The third-order valence-electron chi connectivity index (χ3n) is 1.48. The Morgan fingerprint density at radius 3 is 2.36 bits per heavy atom. The minimum atomic E-state index is -0.596. The highest BCUT2D eigenvalue weighted by atomic mass is 17.4. The third kappa shape index (κ3) is 1.50. The van der Waals surface area contributed by atoms with Gasteiger partial charge in [-0.25, -0.2) is 0 Å². The Morgan fingerprint density at radius 1 is 1.18 bits per heavy atom. The summed E-state index contributed by atoms with van der Waals surface area (Å²) in [5.74, 6) is -0.596. The van der Waals surface area contributed by atoms with Gasteiger partial charge in [0.2, 0.25) is 0 Å². The molecular formula is C8H9NO2. The topological polar surface area (TPSA) is 37.1 Å². The van der Waals surface area contributed by atoms with Crippen LogP contribution in [0.3, 0.4) is 0 Å². The molecule has 1 aliphatic heterocycles. The predicted octanol–water partition coefficient (Wildman–Crippen LogP) is 1.73. The average molecular weight is 151 g/mol. The predicted molar refractivity (Wildman–Crippen MR) is 40.6 cm³/mol. The summed E-state index contributed by atoms with van der Waals surface area (Å²) < 4.78 is 0. The van der Waals surface area contributed by atoms with Gasteiger partial charge in [-0.1, -0.05) is 18.2 Å².